The van der Waals surface area contributed by atoms with Gasteiger partial charge in [-0.15, -0.1) is 0 Å². The second-order valence-corrected chi connectivity index (χ2v) is 5.50. The van der Waals surface area contributed by atoms with E-state index >= 15 is 0 Å². The molecule has 0 aliphatic carbocycles. The number of morpholine rings is 1. The van der Waals surface area contributed by atoms with Crippen LogP contribution in [-0.2, 0) is 11.3 Å². The molecule has 3 heteroatoms. The highest BCUT2D eigenvalue weighted by molar-refractivity contribution is 5.42. The minimum atomic E-state index is 0.306. The van der Waals surface area contributed by atoms with Gasteiger partial charge in [0.2, 0.25) is 0 Å². The zero-order chi connectivity index (χ0) is 13.3. The second kappa shape index (κ2) is 5.29. The summed E-state index contributed by atoms with van der Waals surface area (Å²) in [5.74, 6) is 0.419. The van der Waals surface area contributed by atoms with E-state index in [1.807, 2.05) is 13.8 Å². The van der Waals surface area contributed by atoms with E-state index in [9.17, 15) is 5.11 Å². The number of ether oxygens (including phenoxy) is 1. The van der Waals surface area contributed by atoms with Gasteiger partial charge in [-0.3, -0.25) is 4.90 Å². The van der Waals surface area contributed by atoms with E-state index in [0.29, 0.717) is 17.9 Å². The highest BCUT2D eigenvalue weighted by atomic mass is 16.5. The van der Waals surface area contributed by atoms with Gasteiger partial charge in [0.1, 0.15) is 5.75 Å². The van der Waals surface area contributed by atoms with Gasteiger partial charge < -0.3 is 9.84 Å². The topological polar surface area (TPSA) is 32.7 Å². The molecule has 1 aliphatic rings. The zero-order valence-corrected chi connectivity index (χ0v) is 11.7. The van der Waals surface area contributed by atoms with E-state index in [-0.39, 0.29) is 0 Å². The van der Waals surface area contributed by atoms with Crippen molar-refractivity contribution in [2.24, 2.45) is 0 Å². The van der Waals surface area contributed by atoms with Gasteiger partial charge in [-0.25, -0.2) is 0 Å². The molecule has 1 saturated heterocycles. The van der Waals surface area contributed by atoms with Crippen LogP contribution in [0.5, 0.6) is 5.75 Å². The number of hydrogen-bond donors (Lipinski definition) is 1. The number of phenols is 1. The van der Waals surface area contributed by atoms with Crippen molar-refractivity contribution in [1.82, 2.24) is 4.90 Å². The van der Waals surface area contributed by atoms with Crippen molar-refractivity contribution in [3.63, 3.8) is 0 Å². The first-order valence-corrected chi connectivity index (χ1v) is 6.62. The molecule has 100 valence electrons. The normalized spacial score (nSPS) is 25.3. The van der Waals surface area contributed by atoms with Crippen LogP contribution in [0.4, 0.5) is 0 Å². The number of phenolic OH excluding ortho intramolecular Hbond substituents is 1. The van der Waals surface area contributed by atoms with Crippen LogP contribution in [0.15, 0.2) is 12.1 Å². The second-order valence-electron chi connectivity index (χ2n) is 5.50. The SMILES string of the molecule is Cc1cc(CN2CC(C)OCC2C)cc(C)c1O. The van der Waals surface area contributed by atoms with E-state index in [1.54, 1.807) is 0 Å². The minimum Gasteiger partial charge on any atom is -0.507 e. The van der Waals surface area contributed by atoms with Gasteiger partial charge in [0, 0.05) is 19.1 Å². The molecule has 1 aromatic carbocycles. The first-order valence-electron chi connectivity index (χ1n) is 6.62. The molecule has 0 amide bonds. The molecule has 1 aromatic rings. The van der Waals surface area contributed by atoms with Gasteiger partial charge in [-0.1, -0.05) is 12.1 Å². The Balaban J connectivity index is 2.13. The zero-order valence-electron chi connectivity index (χ0n) is 11.7. The van der Waals surface area contributed by atoms with Gasteiger partial charge in [0.15, 0.2) is 0 Å². The lowest BCUT2D eigenvalue weighted by Crippen LogP contribution is -2.46. The molecule has 2 rings (SSSR count). The lowest BCUT2D eigenvalue weighted by molar-refractivity contribution is -0.0526. The molecule has 3 nitrogen and oxygen atoms in total. The van der Waals surface area contributed by atoms with E-state index < -0.39 is 0 Å². The van der Waals surface area contributed by atoms with Crippen molar-refractivity contribution in [2.75, 3.05) is 13.2 Å². The lowest BCUT2D eigenvalue weighted by atomic mass is 10.0. The van der Waals surface area contributed by atoms with Crippen LogP contribution in [0, 0.1) is 13.8 Å². The average Bonchev–Trinajstić information content (AvgIpc) is 2.31. The molecule has 2 unspecified atom stereocenters. The van der Waals surface area contributed by atoms with E-state index in [4.69, 9.17) is 4.74 Å². The summed E-state index contributed by atoms with van der Waals surface area (Å²) >= 11 is 0. The Labute approximate surface area is 109 Å². The number of benzene rings is 1. The van der Waals surface area contributed by atoms with Crippen LogP contribution in [0.3, 0.4) is 0 Å². The van der Waals surface area contributed by atoms with Gasteiger partial charge in [0.05, 0.1) is 12.7 Å². The van der Waals surface area contributed by atoms with Crippen LogP contribution in [0.25, 0.3) is 0 Å². The van der Waals surface area contributed by atoms with Crippen molar-refractivity contribution in [3.05, 3.63) is 28.8 Å². The molecule has 2 atom stereocenters. The molecule has 0 aromatic heterocycles. The van der Waals surface area contributed by atoms with E-state index in [2.05, 4.69) is 30.9 Å². The number of hydrogen-bond acceptors (Lipinski definition) is 3. The van der Waals surface area contributed by atoms with Crippen molar-refractivity contribution >= 4 is 0 Å². The molecule has 0 spiro atoms. The predicted molar refractivity (Wildman–Crippen MR) is 72.9 cm³/mol. The van der Waals surface area contributed by atoms with Crippen molar-refractivity contribution < 1.29 is 9.84 Å². The fraction of sp³-hybridized carbons (Fsp3) is 0.600. The first kappa shape index (κ1) is 13.4. The molecule has 1 fully saturated rings. The predicted octanol–water partition coefficient (Wildman–Crippen LogP) is 2.62. The maximum Gasteiger partial charge on any atom is 0.121 e. The Kier molecular flexibility index (Phi) is 3.93. The van der Waals surface area contributed by atoms with Gasteiger partial charge >= 0.3 is 0 Å². The first-order chi connectivity index (χ1) is 8.47. The Hall–Kier alpha value is -1.06. The molecule has 18 heavy (non-hydrogen) atoms. The Morgan fingerprint density at radius 1 is 1.28 bits per heavy atom. The van der Waals surface area contributed by atoms with Gasteiger partial charge in [0.25, 0.3) is 0 Å². The molecular weight excluding hydrogens is 226 g/mol. The maximum absolute atomic E-state index is 9.80. The van der Waals surface area contributed by atoms with Crippen molar-refractivity contribution in [3.8, 4) is 5.75 Å². The van der Waals surface area contributed by atoms with Crippen LogP contribution in [0.2, 0.25) is 0 Å². The summed E-state index contributed by atoms with van der Waals surface area (Å²) in [5, 5.41) is 9.80. The third kappa shape index (κ3) is 2.85. The summed E-state index contributed by atoms with van der Waals surface area (Å²) in [7, 11) is 0. The highest BCUT2D eigenvalue weighted by Crippen LogP contribution is 2.24. The molecule has 1 aliphatic heterocycles. The maximum atomic E-state index is 9.80. The third-order valence-electron chi connectivity index (χ3n) is 3.67. The molecule has 1 N–H and O–H groups in total. The largest absolute Gasteiger partial charge is 0.507 e. The van der Waals surface area contributed by atoms with Crippen LogP contribution >= 0.6 is 0 Å². The summed E-state index contributed by atoms with van der Waals surface area (Å²) < 4.78 is 5.64. The minimum absolute atomic E-state index is 0.306. The van der Waals surface area contributed by atoms with E-state index in [0.717, 1.165) is 30.8 Å². The lowest BCUT2D eigenvalue weighted by Gasteiger charge is -2.36. The van der Waals surface area contributed by atoms with Crippen molar-refractivity contribution in [2.45, 2.75) is 46.4 Å². The van der Waals surface area contributed by atoms with Gasteiger partial charge in [-0.05, 0) is 44.4 Å². The summed E-state index contributed by atoms with van der Waals surface area (Å²) in [5.41, 5.74) is 3.18. The van der Waals surface area contributed by atoms with Gasteiger partial charge in [-0.2, -0.15) is 0 Å². The molecule has 0 bridgehead atoms. The number of aromatic hydroxyl groups is 1. The quantitative estimate of drug-likeness (QED) is 0.874. The smallest absolute Gasteiger partial charge is 0.121 e. The van der Waals surface area contributed by atoms with Crippen LogP contribution < -0.4 is 0 Å². The Bertz CT molecular complexity index is 407. The number of rotatable bonds is 2. The highest BCUT2D eigenvalue weighted by Gasteiger charge is 2.23. The standard InChI is InChI=1S/C15H23NO2/c1-10-5-14(6-11(2)15(10)17)8-16-7-13(4)18-9-12(16)3/h5-6,12-13,17H,7-9H2,1-4H3. The van der Waals surface area contributed by atoms with Crippen LogP contribution in [-0.4, -0.2) is 35.3 Å². The molecule has 0 radical (unpaired) electrons. The third-order valence-corrected chi connectivity index (χ3v) is 3.67. The molecule has 0 saturated carbocycles. The molecule has 1 heterocycles. The number of nitrogens with zero attached hydrogens (tertiary/aromatic N) is 1. The van der Waals surface area contributed by atoms with Crippen molar-refractivity contribution in [1.29, 1.82) is 0 Å². The summed E-state index contributed by atoms with van der Waals surface area (Å²) in [6, 6.07) is 4.61. The fourth-order valence-corrected chi connectivity index (χ4v) is 2.56. The van der Waals surface area contributed by atoms with E-state index in [1.165, 1.54) is 5.56 Å². The summed E-state index contributed by atoms with van der Waals surface area (Å²) in [4.78, 5) is 2.44. The molecular formula is C15H23NO2. The monoisotopic (exact) mass is 249 g/mol. The average molecular weight is 249 g/mol. The fourth-order valence-electron chi connectivity index (χ4n) is 2.56. The Morgan fingerprint density at radius 3 is 2.50 bits per heavy atom. The summed E-state index contributed by atoms with van der Waals surface area (Å²) in [6.45, 7) is 10.9. The van der Waals surface area contributed by atoms with Crippen LogP contribution in [0.1, 0.15) is 30.5 Å². The summed E-state index contributed by atoms with van der Waals surface area (Å²) in [6.07, 6.45) is 0.306. The Morgan fingerprint density at radius 2 is 1.89 bits per heavy atom. The number of aryl methyl sites for hydroxylation is 2.